The first-order valence-electron chi connectivity index (χ1n) is 8.56. The van der Waals surface area contributed by atoms with Crippen LogP contribution in [0.15, 0.2) is 56.6 Å². The summed E-state index contributed by atoms with van der Waals surface area (Å²) in [6.45, 7) is 2.49. The molecule has 0 saturated carbocycles. The summed E-state index contributed by atoms with van der Waals surface area (Å²) in [6.07, 6.45) is 1.62. The highest BCUT2D eigenvalue weighted by atomic mass is 32.2. The number of rotatable bonds is 3. The van der Waals surface area contributed by atoms with Gasteiger partial charge in [-0.15, -0.1) is 0 Å². The molecule has 0 bridgehead atoms. The second-order valence-electron chi connectivity index (χ2n) is 6.74. The smallest absolute Gasteiger partial charge is 0.408 e. The summed E-state index contributed by atoms with van der Waals surface area (Å²) in [5.41, 5.74) is 3.00. The Balaban J connectivity index is 1.75. The van der Waals surface area contributed by atoms with E-state index in [4.69, 9.17) is 4.42 Å². The highest BCUT2D eigenvalue weighted by Crippen LogP contribution is 2.37. The van der Waals surface area contributed by atoms with Crippen molar-refractivity contribution in [3.8, 4) is 0 Å². The van der Waals surface area contributed by atoms with Crippen molar-refractivity contribution in [2.24, 2.45) is 7.05 Å². The van der Waals surface area contributed by atoms with Crippen molar-refractivity contribution in [3.05, 3.63) is 64.1 Å². The van der Waals surface area contributed by atoms with Gasteiger partial charge in [0, 0.05) is 19.7 Å². The number of aryl methyl sites for hydroxylation is 2. The number of fused-ring (bicyclic) bond motifs is 1. The zero-order valence-electron chi connectivity index (χ0n) is 14.7. The van der Waals surface area contributed by atoms with E-state index in [0.29, 0.717) is 12.1 Å². The van der Waals surface area contributed by atoms with Crippen LogP contribution in [0.3, 0.4) is 0 Å². The van der Waals surface area contributed by atoms with Crippen molar-refractivity contribution >= 4 is 21.1 Å². The van der Waals surface area contributed by atoms with Crippen LogP contribution in [0.4, 0.5) is 0 Å². The van der Waals surface area contributed by atoms with E-state index in [-0.39, 0.29) is 16.5 Å². The Hall–Kier alpha value is -2.38. The molecule has 4 rings (SSSR count). The largest absolute Gasteiger partial charge is 0.419 e. The summed E-state index contributed by atoms with van der Waals surface area (Å²) < 4.78 is 34.5. The lowest BCUT2D eigenvalue weighted by Crippen LogP contribution is -2.30. The molecule has 7 heteroatoms. The maximum absolute atomic E-state index is 13.2. The van der Waals surface area contributed by atoms with Gasteiger partial charge in [0.15, 0.2) is 5.58 Å². The quantitative estimate of drug-likeness (QED) is 0.709. The lowest BCUT2D eigenvalue weighted by molar-refractivity contribution is 0.396. The first kappa shape index (κ1) is 17.1. The molecule has 0 radical (unpaired) electrons. The van der Waals surface area contributed by atoms with Crippen molar-refractivity contribution in [3.63, 3.8) is 0 Å². The average molecular weight is 372 g/mol. The Morgan fingerprint density at radius 3 is 2.58 bits per heavy atom. The van der Waals surface area contributed by atoms with Crippen molar-refractivity contribution in [1.29, 1.82) is 0 Å². The lowest BCUT2D eigenvalue weighted by Gasteiger charge is -2.24. The first-order chi connectivity index (χ1) is 12.4. The third-order valence-corrected chi connectivity index (χ3v) is 6.94. The van der Waals surface area contributed by atoms with Crippen LogP contribution in [0.25, 0.3) is 11.1 Å². The molecule has 1 unspecified atom stereocenters. The summed E-state index contributed by atoms with van der Waals surface area (Å²) in [5.74, 6) is -0.506. The molecule has 0 amide bonds. The van der Waals surface area contributed by atoms with E-state index >= 15 is 0 Å². The minimum Gasteiger partial charge on any atom is -0.408 e. The van der Waals surface area contributed by atoms with E-state index in [2.05, 4.69) is 0 Å². The topological polar surface area (TPSA) is 72.5 Å². The molecular weight excluding hydrogens is 352 g/mol. The highest BCUT2D eigenvalue weighted by Gasteiger charge is 2.36. The Kier molecular flexibility index (Phi) is 4.00. The van der Waals surface area contributed by atoms with E-state index in [9.17, 15) is 13.2 Å². The van der Waals surface area contributed by atoms with Crippen LogP contribution >= 0.6 is 0 Å². The van der Waals surface area contributed by atoms with Gasteiger partial charge >= 0.3 is 5.76 Å². The standard InChI is InChI=1S/C19H20N2O4S/c1-13-5-7-14(8-6-13)16-4-3-11-21(16)26(23,24)15-9-10-17-18(12-15)25-19(22)20(17)2/h5-10,12,16H,3-4,11H2,1-2H3. The van der Waals surface area contributed by atoms with Crippen molar-refractivity contribution in [1.82, 2.24) is 8.87 Å². The number of oxazole rings is 1. The van der Waals surface area contributed by atoms with E-state index in [0.717, 1.165) is 24.0 Å². The normalized spacial score (nSPS) is 18.6. The van der Waals surface area contributed by atoms with Gasteiger partial charge in [0.2, 0.25) is 10.0 Å². The summed E-state index contributed by atoms with van der Waals surface area (Å²) in [6, 6.07) is 12.4. The summed E-state index contributed by atoms with van der Waals surface area (Å²) in [5, 5.41) is 0. The molecule has 1 fully saturated rings. The van der Waals surface area contributed by atoms with Gasteiger partial charge in [0.05, 0.1) is 16.5 Å². The second-order valence-corrected chi connectivity index (χ2v) is 8.63. The van der Waals surface area contributed by atoms with Crippen molar-refractivity contribution in [2.45, 2.75) is 30.7 Å². The summed E-state index contributed by atoms with van der Waals surface area (Å²) in [4.78, 5) is 11.8. The maximum Gasteiger partial charge on any atom is 0.419 e. The minimum absolute atomic E-state index is 0.151. The van der Waals surface area contributed by atoms with Gasteiger partial charge in [-0.1, -0.05) is 29.8 Å². The van der Waals surface area contributed by atoms with E-state index in [1.165, 1.54) is 16.7 Å². The molecule has 1 aliphatic rings. The molecule has 2 heterocycles. The number of hydrogen-bond acceptors (Lipinski definition) is 4. The SMILES string of the molecule is Cc1ccc(C2CCCN2S(=O)(=O)c2ccc3c(c2)oc(=O)n3C)cc1. The fraction of sp³-hybridized carbons (Fsp3) is 0.316. The van der Waals surface area contributed by atoms with Crippen LogP contribution in [0.1, 0.15) is 30.0 Å². The van der Waals surface area contributed by atoms with Gasteiger partial charge in [0.1, 0.15) is 0 Å². The molecule has 0 aliphatic carbocycles. The molecule has 0 spiro atoms. The van der Waals surface area contributed by atoms with Crippen LogP contribution < -0.4 is 5.76 Å². The Morgan fingerprint density at radius 1 is 1.12 bits per heavy atom. The molecule has 1 aromatic heterocycles. The Morgan fingerprint density at radius 2 is 1.85 bits per heavy atom. The molecule has 1 aliphatic heterocycles. The van der Waals surface area contributed by atoms with Gasteiger partial charge in [-0.2, -0.15) is 4.31 Å². The first-order valence-corrected chi connectivity index (χ1v) is 10.00. The lowest BCUT2D eigenvalue weighted by atomic mass is 10.0. The van der Waals surface area contributed by atoms with Crippen molar-refractivity contribution in [2.75, 3.05) is 6.54 Å². The molecule has 136 valence electrons. The third kappa shape index (κ3) is 2.68. The average Bonchev–Trinajstić information content (AvgIpc) is 3.21. The number of nitrogens with zero attached hydrogens (tertiary/aromatic N) is 2. The van der Waals surface area contributed by atoms with Gasteiger partial charge in [-0.05, 0) is 37.5 Å². The fourth-order valence-electron chi connectivity index (χ4n) is 3.56. The van der Waals surface area contributed by atoms with Crippen LogP contribution in [0.5, 0.6) is 0 Å². The summed E-state index contributed by atoms with van der Waals surface area (Å²) >= 11 is 0. The second kappa shape index (κ2) is 6.10. The molecule has 3 aromatic rings. The highest BCUT2D eigenvalue weighted by molar-refractivity contribution is 7.89. The predicted molar refractivity (Wildman–Crippen MR) is 98.5 cm³/mol. The van der Waals surface area contributed by atoms with Gasteiger partial charge in [-0.3, -0.25) is 4.57 Å². The van der Waals surface area contributed by atoms with Crippen LogP contribution in [0.2, 0.25) is 0 Å². The molecule has 0 N–H and O–H groups in total. The van der Waals surface area contributed by atoms with Crippen LogP contribution in [-0.2, 0) is 17.1 Å². The zero-order chi connectivity index (χ0) is 18.5. The molecule has 1 saturated heterocycles. The zero-order valence-corrected chi connectivity index (χ0v) is 15.5. The molecule has 2 aromatic carbocycles. The number of benzene rings is 2. The Labute approximate surface area is 151 Å². The van der Waals surface area contributed by atoms with Crippen LogP contribution in [-0.4, -0.2) is 23.8 Å². The minimum atomic E-state index is -3.68. The molecular formula is C19H20N2O4S. The third-order valence-electron chi connectivity index (χ3n) is 5.04. The van der Waals surface area contributed by atoms with Crippen LogP contribution in [0, 0.1) is 6.92 Å². The van der Waals surface area contributed by atoms with Gasteiger partial charge in [-0.25, -0.2) is 13.2 Å². The number of sulfonamides is 1. The molecule has 6 nitrogen and oxygen atoms in total. The number of hydrogen-bond donors (Lipinski definition) is 0. The van der Waals surface area contributed by atoms with Gasteiger partial charge in [0.25, 0.3) is 0 Å². The van der Waals surface area contributed by atoms with E-state index in [1.54, 1.807) is 17.4 Å². The van der Waals surface area contributed by atoms with Gasteiger partial charge < -0.3 is 4.42 Å². The molecule has 1 atom stereocenters. The Bertz CT molecular complexity index is 1130. The monoisotopic (exact) mass is 372 g/mol. The summed E-state index contributed by atoms with van der Waals surface area (Å²) in [7, 11) is -2.09. The molecule has 26 heavy (non-hydrogen) atoms. The predicted octanol–water partition coefficient (Wildman–Crippen LogP) is 2.97. The maximum atomic E-state index is 13.2. The fourth-order valence-corrected chi connectivity index (χ4v) is 5.26. The number of aromatic nitrogens is 1. The van der Waals surface area contributed by atoms with E-state index in [1.807, 2.05) is 31.2 Å². The van der Waals surface area contributed by atoms with Crippen molar-refractivity contribution < 1.29 is 12.8 Å². The van der Waals surface area contributed by atoms with E-state index < -0.39 is 15.8 Å².